The summed E-state index contributed by atoms with van der Waals surface area (Å²) in [5.41, 5.74) is 1.13. The summed E-state index contributed by atoms with van der Waals surface area (Å²) in [6.07, 6.45) is 0. The van der Waals surface area contributed by atoms with Crippen LogP contribution in [-0.4, -0.2) is 21.0 Å². The van der Waals surface area contributed by atoms with Crippen LogP contribution in [0.25, 0.3) is 11.4 Å². The van der Waals surface area contributed by atoms with Crippen molar-refractivity contribution in [3.8, 4) is 17.5 Å². The lowest BCUT2D eigenvalue weighted by Gasteiger charge is -2.01. The van der Waals surface area contributed by atoms with Crippen molar-refractivity contribution in [2.24, 2.45) is 0 Å². The molecule has 2 aromatic rings. The van der Waals surface area contributed by atoms with Gasteiger partial charge in [0.1, 0.15) is 17.5 Å². The molecule has 0 unspecified atom stereocenters. The van der Waals surface area contributed by atoms with Crippen LogP contribution < -0.4 is 0 Å². The summed E-state index contributed by atoms with van der Waals surface area (Å²) < 4.78 is 0. The van der Waals surface area contributed by atoms with Gasteiger partial charge in [-0.2, -0.15) is 5.26 Å². The Morgan fingerprint density at radius 3 is 2.41 bits per heavy atom. The molecule has 5 heteroatoms. The molecule has 0 fully saturated rings. The van der Waals surface area contributed by atoms with E-state index >= 15 is 0 Å². The molecule has 2 aromatic heterocycles. The van der Waals surface area contributed by atoms with Gasteiger partial charge < -0.3 is 5.11 Å². The molecule has 82 valence electrons. The Hall–Kier alpha value is -2.74. The van der Waals surface area contributed by atoms with Crippen molar-refractivity contribution in [2.75, 3.05) is 0 Å². The molecular formula is C12H7N3O2. The van der Waals surface area contributed by atoms with Crippen LogP contribution in [0.5, 0.6) is 0 Å². The number of aromatic carboxylic acids is 1. The highest BCUT2D eigenvalue weighted by atomic mass is 16.4. The van der Waals surface area contributed by atoms with Gasteiger partial charge in [-0.3, -0.25) is 0 Å². The van der Waals surface area contributed by atoms with Gasteiger partial charge in [0, 0.05) is 0 Å². The first-order valence-electron chi connectivity index (χ1n) is 4.78. The van der Waals surface area contributed by atoms with Crippen molar-refractivity contribution in [3.05, 3.63) is 47.8 Å². The van der Waals surface area contributed by atoms with Crippen LogP contribution in [-0.2, 0) is 0 Å². The molecule has 17 heavy (non-hydrogen) atoms. The minimum absolute atomic E-state index is 0.0494. The Morgan fingerprint density at radius 1 is 1.12 bits per heavy atom. The molecule has 0 aliphatic carbocycles. The first-order valence-corrected chi connectivity index (χ1v) is 4.78. The summed E-state index contributed by atoms with van der Waals surface area (Å²) in [6, 6.07) is 11.5. The Balaban J connectivity index is 2.49. The fourth-order valence-corrected chi connectivity index (χ4v) is 1.34. The van der Waals surface area contributed by atoms with E-state index < -0.39 is 5.97 Å². The van der Waals surface area contributed by atoms with Crippen LogP contribution in [0.15, 0.2) is 36.4 Å². The monoisotopic (exact) mass is 225 g/mol. The van der Waals surface area contributed by atoms with Crippen LogP contribution in [0.4, 0.5) is 0 Å². The van der Waals surface area contributed by atoms with E-state index in [2.05, 4.69) is 9.97 Å². The van der Waals surface area contributed by atoms with E-state index in [-0.39, 0.29) is 11.4 Å². The van der Waals surface area contributed by atoms with Crippen LogP contribution >= 0.6 is 0 Å². The average molecular weight is 225 g/mol. The number of carboxylic acids is 1. The molecule has 0 aromatic carbocycles. The highest BCUT2D eigenvalue weighted by Crippen LogP contribution is 2.14. The normalized spacial score (nSPS) is 9.59. The molecule has 2 heterocycles. The van der Waals surface area contributed by atoms with E-state index in [1.165, 1.54) is 6.07 Å². The molecule has 0 spiro atoms. The molecule has 0 aliphatic heterocycles. The predicted octanol–water partition coefficient (Wildman–Crippen LogP) is 1.71. The Morgan fingerprint density at radius 2 is 1.76 bits per heavy atom. The van der Waals surface area contributed by atoms with Crippen molar-refractivity contribution < 1.29 is 9.90 Å². The second-order valence-electron chi connectivity index (χ2n) is 3.23. The molecule has 0 atom stereocenters. The van der Waals surface area contributed by atoms with Gasteiger partial charge in [0.25, 0.3) is 0 Å². The zero-order chi connectivity index (χ0) is 12.3. The van der Waals surface area contributed by atoms with E-state index in [9.17, 15) is 4.79 Å². The van der Waals surface area contributed by atoms with Gasteiger partial charge in [-0.15, -0.1) is 0 Å². The first kappa shape index (κ1) is 10.8. The molecule has 1 N–H and O–H groups in total. The van der Waals surface area contributed by atoms with Gasteiger partial charge >= 0.3 is 5.97 Å². The number of pyridine rings is 2. The third kappa shape index (κ3) is 2.26. The van der Waals surface area contributed by atoms with Crippen molar-refractivity contribution in [3.63, 3.8) is 0 Å². The summed E-state index contributed by atoms with van der Waals surface area (Å²) >= 11 is 0. The summed E-state index contributed by atoms with van der Waals surface area (Å²) in [6.45, 7) is 0. The number of carbonyl (C=O) groups is 1. The highest BCUT2D eigenvalue weighted by molar-refractivity contribution is 5.85. The molecular weight excluding hydrogens is 218 g/mol. The molecule has 0 radical (unpaired) electrons. The lowest BCUT2D eigenvalue weighted by atomic mass is 10.2. The summed E-state index contributed by atoms with van der Waals surface area (Å²) in [5.74, 6) is -1.09. The fraction of sp³-hybridized carbons (Fsp3) is 0. The molecule has 0 saturated heterocycles. The number of carboxylic acid groups (broad SMARTS) is 1. The van der Waals surface area contributed by atoms with Crippen LogP contribution in [0.1, 0.15) is 16.2 Å². The van der Waals surface area contributed by atoms with Crippen molar-refractivity contribution in [1.29, 1.82) is 5.26 Å². The van der Waals surface area contributed by atoms with Gasteiger partial charge in [-0.1, -0.05) is 12.1 Å². The Bertz CT molecular complexity index is 617. The van der Waals surface area contributed by atoms with Gasteiger partial charge in [0.15, 0.2) is 0 Å². The van der Waals surface area contributed by atoms with E-state index in [0.717, 1.165) is 0 Å². The fourth-order valence-electron chi connectivity index (χ4n) is 1.34. The molecule has 0 saturated carbocycles. The van der Waals surface area contributed by atoms with Crippen LogP contribution in [0.2, 0.25) is 0 Å². The summed E-state index contributed by atoms with van der Waals surface area (Å²) in [7, 11) is 0. The van der Waals surface area contributed by atoms with Gasteiger partial charge in [0.2, 0.25) is 0 Å². The highest BCUT2D eigenvalue weighted by Gasteiger charge is 2.07. The third-order valence-electron chi connectivity index (χ3n) is 2.09. The number of nitrogens with zero attached hydrogens (tertiary/aromatic N) is 3. The quantitative estimate of drug-likeness (QED) is 0.840. The van der Waals surface area contributed by atoms with E-state index in [1.54, 1.807) is 30.3 Å². The first-order chi connectivity index (χ1) is 8.20. The maximum atomic E-state index is 10.8. The van der Waals surface area contributed by atoms with Gasteiger partial charge in [-0.05, 0) is 24.3 Å². The topological polar surface area (TPSA) is 86.9 Å². The molecule has 2 rings (SSSR count). The summed E-state index contributed by atoms with van der Waals surface area (Å²) in [5, 5.41) is 17.5. The van der Waals surface area contributed by atoms with Crippen LogP contribution in [0.3, 0.4) is 0 Å². The molecule has 5 nitrogen and oxygen atoms in total. The summed E-state index contributed by atoms with van der Waals surface area (Å²) in [4.78, 5) is 18.8. The number of nitriles is 1. The third-order valence-corrected chi connectivity index (χ3v) is 2.09. The lowest BCUT2D eigenvalue weighted by Crippen LogP contribution is -2.01. The van der Waals surface area contributed by atoms with Gasteiger partial charge in [0.05, 0.1) is 11.4 Å². The largest absolute Gasteiger partial charge is 0.477 e. The lowest BCUT2D eigenvalue weighted by molar-refractivity contribution is 0.0690. The number of rotatable bonds is 2. The molecule has 0 aliphatic rings. The van der Waals surface area contributed by atoms with E-state index in [0.29, 0.717) is 11.4 Å². The Kier molecular flexibility index (Phi) is 2.79. The maximum absolute atomic E-state index is 10.8. The minimum Gasteiger partial charge on any atom is -0.477 e. The maximum Gasteiger partial charge on any atom is 0.354 e. The van der Waals surface area contributed by atoms with Gasteiger partial charge in [-0.25, -0.2) is 14.8 Å². The SMILES string of the molecule is N#Cc1cccc(-c2cccc(C(=O)O)n2)n1. The zero-order valence-corrected chi connectivity index (χ0v) is 8.66. The van der Waals surface area contributed by atoms with E-state index in [4.69, 9.17) is 10.4 Å². The number of hydrogen-bond acceptors (Lipinski definition) is 4. The number of hydrogen-bond donors (Lipinski definition) is 1. The Labute approximate surface area is 97.0 Å². The van der Waals surface area contributed by atoms with Crippen LogP contribution in [0, 0.1) is 11.3 Å². The predicted molar refractivity (Wildman–Crippen MR) is 59.1 cm³/mol. The van der Waals surface area contributed by atoms with Crippen molar-refractivity contribution in [1.82, 2.24) is 9.97 Å². The standard InChI is InChI=1S/C12H7N3O2/c13-7-8-3-1-4-9(14-8)10-5-2-6-11(15-10)12(16)17/h1-6H,(H,16,17). The average Bonchev–Trinajstić information content (AvgIpc) is 2.39. The molecule has 0 bridgehead atoms. The van der Waals surface area contributed by atoms with E-state index in [1.807, 2.05) is 6.07 Å². The molecule has 0 amide bonds. The second-order valence-corrected chi connectivity index (χ2v) is 3.23. The van der Waals surface area contributed by atoms with Crippen molar-refractivity contribution in [2.45, 2.75) is 0 Å². The number of aromatic nitrogens is 2. The zero-order valence-electron chi connectivity index (χ0n) is 8.66. The minimum atomic E-state index is -1.09. The van der Waals surface area contributed by atoms with Crippen molar-refractivity contribution >= 4 is 5.97 Å². The second kappa shape index (κ2) is 4.41. The smallest absolute Gasteiger partial charge is 0.354 e.